The lowest BCUT2D eigenvalue weighted by molar-refractivity contribution is 1.08. The second-order valence-corrected chi connectivity index (χ2v) is 3.37. The number of H-pyrrole nitrogens is 2. The molecule has 0 fully saturated rings. The molecule has 3 aromatic rings. The van der Waals surface area contributed by atoms with Crippen molar-refractivity contribution in [3.05, 3.63) is 36.0 Å². The highest BCUT2D eigenvalue weighted by Gasteiger charge is 2.08. The first-order chi connectivity index (χ1) is 7.88. The Morgan fingerprint density at radius 2 is 2.19 bits per heavy atom. The Balaban J connectivity index is 2.28. The molecule has 2 aromatic heterocycles. The molecular formula is C11H7N5. The van der Waals surface area contributed by atoms with E-state index in [0.29, 0.717) is 16.9 Å². The smallest absolute Gasteiger partial charge is 0.156 e. The van der Waals surface area contributed by atoms with Gasteiger partial charge in [0.25, 0.3) is 0 Å². The van der Waals surface area contributed by atoms with Gasteiger partial charge in [0.05, 0.1) is 11.1 Å². The van der Waals surface area contributed by atoms with Crippen molar-refractivity contribution in [2.75, 3.05) is 0 Å². The molecule has 0 saturated carbocycles. The zero-order chi connectivity index (χ0) is 11.0. The van der Waals surface area contributed by atoms with E-state index in [4.69, 9.17) is 5.26 Å². The third-order valence-electron chi connectivity index (χ3n) is 2.39. The molecule has 76 valence electrons. The zero-order valence-corrected chi connectivity index (χ0v) is 8.23. The van der Waals surface area contributed by atoms with Crippen molar-refractivity contribution in [3.63, 3.8) is 0 Å². The molecule has 0 amide bonds. The molecule has 16 heavy (non-hydrogen) atoms. The highest BCUT2D eigenvalue weighted by Crippen LogP contribution is 2.20. The lowest BCUT2D eigenvalue weighted by Crippen LogP contribution is -1.80. The SMILES string of the molecule is N#Cc1cccc2[nH]c(-c3ccn[nH]3)nc12. The van der Waals surface area contributed by atoms with Gasteiger partial charge in [-0.1, -0.05) is 6.07 Å². The molecule has 2 N–H and O–H groups in total. The molecule has 0 bridgehead atoms. The van der Waals surface area contributed by atoms with Gasteiger partial charge in [-0.25, -0.2) is 4.98 Å². The summed E-state index contributed by atoms with van der Waals surface area (Å²) in [6, 6.07) is 9.41. The average Bonchev–Trinajstić information content (AvgIpc) is 2.96. The van der Waals surface area contributed by atoms with Gasteiger partial charge in [-0.15, -0.1) is 0 Å². The van der Waals surface area contributed by atoms with Crippen LogP contribution in [0.3, 0.4) is 0 Å². The molecule has 2 heterocycles. The number of hydrogen-bond donors (Lipinski definition) is 2. The molecule has 0 aliphatic heterocycles. The van der Waals surface area contributed by atoms with Gasteiger partial charge in [0.1, 0.15) is 17.3 Å². The number of aromatic amines is 2. The van der Waals surface area contributed by atoms with E-state index in [2.05, 4.69) is 26.2 Å². The molecule has 0 radical (unpaired) electrons. The van der Waals surface area contributed by atoms with Crippen molar-refractivity contribution in [1.29, 1.82) is 5.26 Å². The zero-order valence-electron chi connectivity index (χ0n) is 8.23. The van der Waals surface area contributed by atoms with Crippen LogP contribution in [0.1, 0.15) is 5.56 Å². The molecular weight excluding hydrogens is 202 g/mol. The lowest BCUT2D eigenvalue weighted by Gasteiger charge is -1.87. The van der Waals surface area contributed by atoms with Crippen LogP contribution in [0.25, 0.3) is 22.6 Å². The summed E-state index contributed by atoms with van der Waals surface area (Å²) in [4.78, 5) is 7.52. The second-order valence-electron chi connectivity index (χ2n) is 3.37. The van der Waals surface area contributed by atoms with Gasteiger partial charge in [-0.3, -0.25) is 5.10 Å². The Morgan fingerprint density at radius 1 is 1.25 bits per heavy atom. The standard InChI is InChI=1S/C11H7N5/c12-6-7-2-1-3-8-10(7)15-11(14-8)9-4-5-13-16-9/h1-5H,(H,13,16)(H,14,15). The number of para-hydroxylation sites is 1. The third-order valence-corrected chi connectivity index (χ3v) is 2.39. The largest absolute Gasteiger partial charge is 0.337 e. The van der Waals surface area contributed by atoms with E-state index in [-0.39, 0.29) is 0 Å². The molecule has 3 rings (SSSR count). The van der Waals surface area contributed by atoms with Crippen LogP contribution in [0.15, 0.2) is 30.5 Å². The molecule has 0 aliphatic rings. The summed E-state index contributed by atoms with van der Waals surface area (Å²) >= 11 is 0. The van der Waals surface area contributed by atoms with Gasteiger partial charge in [0, 0.05) is 6.20 Å². The van der Waals surface area contributed by atoms with E-state index in [1.807, 2.05) is 18.2 Å². The van der Waals surface area contributed by atoms with Crippen LogP contribution >= 0.6 is 0 Å². The second kappa shape index (κ2) is 3.21. The fourth-order valence-corrected chi connectivity index (χ4v) is 1.64. The fourth-order valence-electron chi connectivity index (χ4n) is 1.64. The number of benzene rings is 1. The number of aromatic nitrogens is 4. The number of rotatable bonds is 1. The first-order valence-corrected chi connectivity index (χ1v) is 4.77. The van der Waals surface area contributed by atoms with Crippen molar-refractivity contribution in [3.8, 4) is 17.6 Å². The number of fused-ring (bicyclic) bond motifs is 1. The maximum absolute atomic E-state index is 8.95. The predicted molar refractivity (Wildman–Crippen MR) is 58.4 cm³/mol. The van der Waals surface area contributed by atoms with Crippen LogP contribution in [0.2, 0.25) is 0 Å². The summed E-state index contributed by atoms with van der Waals surface area (Å²) < 4.78 is 0. The summed E-state index contributed by atoms with van der Waals surface area (Å²) in [5.74, 6) is 0.690. The maximum atomic E-state index is 8.95. The van der Waals surface area contributed by atoms with Crippen molar-refractivity contribution in [2.24, 2.45) is 0 Å². The van der Waals surface area contributed by atoms with E-state index < -0.39 is 0 Å². The number of nitriles is 1. The summed E-state index contributed by atoms with van der Waals surface area (Å²) in [6.45, 7) is 0. The monoisotopic (exact) mass is 209 g/mol. The fraction of sp³-hybridized carbons (Fsp3) is 0. The van der Waals surface area contributed by atoms with Crippen molar-refractivity contribution in [1.82, 2.24) is 20.2 Å². The Kier molecular flexibility index (Phi) is 1.74. The molecule has 0 saturated heterocycles. The van der Waals surface area contributed by atoms with Crippen LogP contribution in [-0.2, 0) is 0 Å². The summed E-state index contributed by atoms with van der Waals surface area (Å²) in [6.07, 6.45) is 1.66. The quantitative estimate of drug-likeness (QED) is 0.641. The van der Waals surface area contributed by atoms with Crippen LogP contribution in [0, 0.1) is 11.3 Å². The topological polar surface area (TPSA) is 81.1 Å². The molecule has 5 nitrogen and oxygen atoms in total. The minimum Gasteiger partial charge on any atom is -0.337 e. The van der Waals surface area contributed by atoms with Crippen LogP contribution < -0.4 is 0 Å². The van der Waals surface area contributed by atoms with Crippen LogP contribution in [0.5, 0.6) is 0 Å². The molecule has 0 unspecified atom stereocenters. The number of hydrogen-bond acceptors (Lipinski definition) is 3. The predicted octanol–water partition coefficient (Wildman–Crippen LogP) is 1.82. The maximum Gasteiger partial charge on any atom is 0.156 e. The normalized spacial score (nSPS) is 10.4. The minimum atomic E-state index is 0.569. The lowest BCUT2D eigenvalue weighted by atomic mass is 10.2. The summed E-state index contributed by atoms with van der Waals surface area (Å²) in [5, 5.41) is 15.6. The van der Waals surface area contributed by atoms with Crippen molar-refractivity contribution < 1.29 is 0 Å². The van der Waals surface area contributed by atoms with Crippen molar-refractivity contribution in [2.45, 2.75) is 0 Å². The first-order valence-electron chi connectivity index (χ1n) is 4.77. The van der Waals surface area contributed by atoms with Gasteiger partial charge in [-0.2, -0.15) is 10.4 Å². The van der Waals surface area contributed by atoms with E-state index in [1.54, 1.807) is 12.3 Å². The third kappa shape index (κ3) is 1.17. The minimum absolute atomic E-state index is 0.569. The molecule has 0 spiro atoms. The van der Waals surface area contributed by atoms with Gasteiger partial charge in [0.2, 0.25) is 0 Å². The van der Waals surface area contributed by atoms with Gasteiger partial charge < -0.3 is 4.98 Å². The molecule has 0 aliphatic carbocycles. The van der Waals surface area contributed by atoms with E-state index >= 15 is 0 Å². The molecule has 5 heteroatoms. The van der Waals surface area contributed by atoms with E-state index in [0.717, 1.165) is 11.2 Å². The first kappa shape index (κ1) is 8.68. The molecule has 0 atom stereocenters. The highest BCUT2D eigenvalue weighted by atomic mass is 15.1. The summed E-state index contributed by atoms with van der Waals surface area (Å²) in [5.41, 5.74) is 2.91. The Morgan fingerprint density at radius 3 is 2.94 bits per heavy atom. The average molecular weight is 209 g/mol. The summed E-state index contributed by atoms with van der Waals surface area (Å²) in [7, 11) is 0. The van der Waals surface area contributed by atoms with Crippen LogP contribution in [-0.4, -0.2) is 20.2 Å². The van der Waals surface area contributed by atoms with Gasteiger partial charge >= 0.3 is 0 Å². The highest BCUT2D eigenvalue weighted by molar-refractivity contribution is 5.83. The van der Waals surface area contributed by atoms with E-state index in [1.165, 1.54) is 0 Å². The van der Waals surface area contributed by atoms with Gasteiger partial charge in [-0.05, 0) is 18.2 Å². The Labute approximate surface area is 90.8 Å². The number of imidazole rings is 1. The van der Waals surface area contributed by atoms with E-state index in [9.17, 15) is 0 Å². The van der Waals surface area contributed by atoms with Crippen LogP contribution in [0.4, 0.5) is 0 Å². The molecule has 1 aromatic carbocycles. The Hall–Kier alpha value is -2.61. The number of nitrogens with zero attached hydrogens (tertiary/aromatic N) is 3. The van der Waals surface area contributed by atoms with Crippen molar-refractivity contribution >= 4 is 11.0 Å². The Bertz CT molecular complexity index is 672. The van der Waals surface area contributed by atoms with Gasteiger partial charge in [0.15, 0.2) is 5.82 Å². The number of nitrogens with one attached hydrogen (secondary N) is 2.